The van der Waals surface area contributed by atoms with Crippen LogP contribution >= 0.6 is 0 Å². The predicted octanol–water partition coefficient (Wildman–Crippen LogP) is 2.24. The molecule has 6 nitrogen and oxygen atoms in total. The van der Waals surface area contributed by atoms with Gasteiger partial charge in [0.2, 0.25) is 5.91 Å². The smallest absolute Gasteiger partial charge is 0.232 e. The van der Waals surface area contributed by atoms with E-state index in [0.29, 0.717) is 12.1 Å². The van der Waals surface area contributed by atoms with Crippen LogP contribution in [0.1, 0.15) is 22.9 Å². The van der Waals surface area contributed by atoms with Crippen molar-refractivity contribution >= 4 is 11.6 Å². The summed E-state index contributed by atoms with van der Waals surface area (Å²) in [7, 11) is 0. The van der Waals surface area contributed by atoms with Gasteiger partial charge in [0.25, 0.3) is 0 Å². The first-order chi connectivity index (χ1) is 11.6. The summed E-state index contributed by atoms with van der Waals surface area (Å²) in [6.45, 7) is 1.97. The second-order valence-corrected chi connectivity index (χ2v) is 5.48. The average molecular weight is 324 g/mol. The quantitative estimate of drug-likeness (QED) is 0.778. The molecule has 3 aromatic rings. The van der Waals surface area contributed by atoms with Crippen molar-refractivity contribution in [2.45, 2.75) is 19.3 Å². The lowest BCUT2D eigenvalue weighted by Gasteiger charge is -2.17. The van der Waals surface area contributed by atoms with Gasteiger partial charge in [-0.2, -0.15) is 5.21 Å². The van der Waals surface area contributed by atoms with Crippen LogP contribution in [0, 0.1) is 12.7 Å². The molecule has 24 heavy (non-hydrogen) atoms. The first-order valence-corrected chi connectivity index (χ1v) is 7.42. The molecular formula is C17H15FN5O-. The Morgan fingerprint density at radius 3 is 2.50 bits per heavy atom. The highest BCUT2D eigenvalue weighted by molar-refractivity contribution is 5.95. The van der Waals surface area contributed by atoms with E-state index in [9.17, 15) is 9.18 Å². The molecule has 0 aliphatic carbocycles. The number of carbonyl (C=O) groups excluding carboxylic acids is 1. The third kappa shape index (κ3) is 3.81. The number of aryl methyl sites for hydroxylation is 1. The molecular weight excluding hydrogens is 309 g/mol. The summed E-state index contributed by atoms with van der Waals surface area (Å²) in [6.07, 6.45) is 0.325. The van der Waals surface area contributed by atoms with Crippen molar-refractivity contribution < 1.29 is 9.18 Å². The Labute approximate surface area is 138 Å². The summed E-state index contributed by atoms with van der Waals surface area (Å²) in [4.78, 5) is 12.6. The Morgan fingerprint density at radius 1 is 1.17 bits per heavy atom. The third-order valence-electron chi connectivity index (χ3n) is 3.63. The normalized spacial score (nSPS) is 11.9. The van der Waals surface area contributed by atoms with Crippen molar-refractivity contribution in [2.75, 3.05) is 5.32 Å². The number of nitrogens with zero attached hydrogens (tertiary/aromatic N) is 4. The topological polar surface area (TPSA) is 81.9 Å². The van der Waals surface area contributed by atoms with E-state index in [1.165, 1.54) is 12.1 Å². The van der Waals surface area contributed by atoms with E-state index in [4.69, 9.17) is 0 Å². The number of carbonyl (C=O) groups is 1. The molecule has 0 fully saturated rings. The number of tetrazole rings is 1. The fraction of sp³-hybridized carbons (Fsp3) is 0.176. The first-order valence-electron chi connectivity index (χ1n) is 7.42. The Bertz CT molecular complexity index is 800. The largest absolute Gasteiger partial charge is 0.335 e. The van der Waals surface area contributed by atoms with Crippen molar-refractivity contribution in [1.29, 1.82) is 0 Å². The first kappa shape index (κ1) is 15.8. The number of anilines is 1. The minimum atomic E-state index is -0.660. The van der Waals surface area contributed by atoms with Crippen molar-refractivity contribution in [3.8, 4) is 0 Å². The van der Waals surface area contributed by atoms with Gasteiger partial charge < -0.3 is 10.4 Å². The lowest BCUT2D eigenvalue weighted by molar-refractivity contribution is -0.117. The fourth-order valence-electron chi connectivity index (χ4n) is 2.31. The van der Waals surface area contributed by atoms with E-state index in [0.717, 1.165) is 11.1 Å². The van der Waals surface area contributed by atoms with Gasteiger partial charge in [0.05, 0.1) is 5.92 Å². The summed E-state index contributed by atoms with van der Waals surface area (Å²) >= 11 is 0. The molecule has 7 heteroatoms. The molecule has 1 aromatic heterocycles. The van der Waals surface area contributed by atoms with Crippen molar-refractivity contribution in [2.24, 2.45) is 0 Å². The maximum absolute atomic E-state index is 13.1. The van der Waals surface area contributed by atoms with Gasteiger partial charge in [-0.15, -0.1) is 0 Å². The molecule has 0 radical (unpaired) electrons. The molecule has 0 aliphatic heterocycles. The molecule has 1 N–H and O–H groups in total. The van der Waals surface area contributed by atoms with Crippen LogP contribution in [0.4, 0.5) is 10.1 Å². The highest BCUT2D eigenvalue weighted by Gasteiger charge is 2.21. The number of halogens is 1. The molecule has 2 aromatic carbocycles. The molecule has 1 atom stereocenters. The molecule has 0 saturated carbocycles. The lowest BCUT2D eigenvalue weighted by atomic mass is 9.97. The number of benzene rings is 2. The molecule has 0 spiro atoms. The molecule has 0 aliphatic rings. The standard InChI is InChI=1S/C17H16FN5O/c1-11-2-8-14(9-3-11)19-17(24)15(16-20-22-23-21-16)10-12-4-6-13(18)7-5-12/h2-9,15H,10H2,1H3,(H2,19,20,21,22,23,24)/p-1/t15-/m1/s1. The molecule has 0 unspecified atom stereocenters. The van der Waals surface area contributed by atoms with Gasteiger partial charge in [0.15, 0.2) is 0 Å². The second kappa shape index (κ2) is 6.99. The number of aromatic nitrogens is 4. The molecule has 0 saturated heterocycles. The zero-order valence-corrected chi connectivity index (χ0v) is 13.0. The van der Waals surface area contributed by atoms with Crippen LogP contribution in [-0.2, 0) is 11.2 Å². The highest BCUT2D eigenvalue weighted by Crippen LogP contribution is 2.20. The summed E-state index contributed by atoms with van der Waals surface area (Å²) in [6, 6.07) is 13.4. The summed E-state index contributed by atoms with van der Waals surface area (Å²) < 4.78 is 13.1. The maximum atomic E-state index is 13.1. The molecule has 0 bridgehead atoms. The minimum absolute atomic E-state index is 0.240. The summed E-state index contributed by atoms with van der Waals surface area (Å²) in [5.74, 6) is -1.01. The number of amides is 1. The van der Waals surface area contributed by atoms with E-state index in [1.807, 2.05) is 31.2 Å². The van der Waals surface area contributed by atoms with E-state index in [1.54, 1.807) is 12.1 Å². The molecule has 122 valence electrons. The lowest BCUT2D eigenvalue weighted by Crippen LogP contribution is -2.24. The zero-order chi connectivity index (χ0) is 16.9. The molecule has 3 rings (SSSR count). The number of nitrogens with one attached hydrogen (secondary N) is 1. The summed E-state index contributed by atoms with van der Waals surface area (Å²) in [5.41, 5.74) is 2.58. The van der Waals surface area contributed by atoms with E-state index >= 15 is 0 Å². The van der Waals surface area contributed by atoms with Gasteiger partial charge in [-0.3, -0.25) is 15.1 Å². The Balaban J connectivity index is 1.80. The zero-order valence-electron chi connectivity index (χ0n) is 13.0. The van der Waals surface area contributed by atoms with Crippen LogP contribution in [0.25, 0.3) is 0 Å². The number of hydrogen-bond donors (Lipinski definition) is 1. The van der Waals surface area contributed by atoms with Gasteiger partial charge in [-0.05, 0) is 43.2 Å². The fourth-order valence-corrected chi connectivity index (χ4v) is 2.31. The number of hydrogen-bond acceptors (Lipinski definition) is 4. The monoisotopic (exact) mass is 324 g/mol. The van der Waals surface area contributed by atoms with E-state index < -0.39 is 5.92 Å². The van der Waals surface area contributed by atoms with Crippen LogP contribution in [0.2, 0.25) is 0 Å². The molecule has 1 amide bonds. The Morgan fingerprint density at radius 2 is 1.88 bits per heavy atom. The molecule has 1 heterocycles. The average Bonchev–Trinajstić information content (AvgIpc) is 3.10. The van der Waals surface area contributed by atoms with Crippen LogP contribution in [0.5, 0.6) is 0 Å². The second-order valence-electron chi connectivity index (χ2n) is 5.48. The van der Waals surface area contributed by atoms with E-state index in [-0.39, 0.29) is 17.5 Å². The van der Waals surface area contributed by atoms with Crippen LogP contribution in [-0.4, -0.2) is 21.4 Å². The summed E-state index contributed by atoms with van der Waals surface area (Å²) in [5, 5.41) is 17.3. The third-order valence-corrected chi connectivity index (χ3v) is 3.63. The minimum Gasteiger partial charge on any atom is -0.335 e. The number of rotatable bonds is 5. The van der Waals surface area contributed by atoms with Gasteiger partial charge >= 0.3 is 0 Å². The van der Waals surface area contributed by atoms with Crippen LogP contribution < -0.4 is 10.4 Å². The van der Waals surface area contributed by atoms with Gasteiger partial charge in [0.1, 0.15) is 5.82 Å². The van der Waals surface area contributed by atoms with Crippen molar-refractivity contribution in [1.82, 2.24) is 20.6 Å². The Kier molecular flexibility index (Phi) is 4.60. The SMILES string of the molecule is Cc1ccc(NC(=O)[C@H](Cc2ccc(F)cc2)c2nnn[n-]2)cc1. The van der Waals surface area contributed by atoms with E-state index in [2.05, 4.69) is 25.9 Å². The maximum Gasteiger partial charge on any atom is 0.232 e. The van der Waals surface area contributed by atoms with Crippen LogP contribution in [0.15, 0.2) is 48.5 Å². The van der Waals surface area contributed by atoms with Gasteiger partial charge in [0, 0.05) is 11.5 Å². The van der Waals surface area contributed by atoms with Crippen LogP contribution in [0.3, 0.4) is 0 Å². The predicted molar refractivity (Wildman–Crippen MR) is 85.8 cm³/mol. The van der Waals surface area contributed by atoms with Crippen molar-refractivity contribution in [3.05, 3.63) is 71.3 Å². The van der Waals surface area contributed by atoms with Gasteiger partial charge in [-0.25, -0.2) is 4.39 Å². The van der Waals surface area contributed by atoms with Gasteiger partial charge in [-0.1, -0.05) is 29.8 Å². The highest BCUT2D eigenvalue weighted by atomic mass is 19.1. The Hall–Kier alpha value is -3.09. The van der Waals surface area contributed by atoms with Crippen molar-refractivity contribution in [3.63, 3.8) is 0 Å².